The molecule has 168 valence electrons. The Morgan fingerprint density at radius 1 is 1.03 bits per heavy atom. The Labute approximate surface area is 196 Å². The summed E-state index contributed by atoms with van der Waals surface area (Å²) in [6, 6.07) is 18.6. The summed E-state index contributed by atoms with van der Waals surface area (Å²) in [5.74, 6) is -1.04. The first kappa shape index (κ1) is 23.9. The highest BCUT2D eigenvalue weighted by molar-refractivity contribution is 6.31. The number of carbonyl (C=O) groups excluding carboxylic acids is 2. The van der Waals surface area contributed by atoms with E-state index in [-0.39, 0.29) is 12.5 Å². The molecule has 33 heavy (non-hydrogen) atoms. The Morgan fingerprint density at radius 2 is 1.70 bits per heavy atom. The first-order valence-corrected chi connectivity index (χ1v) is 10.6. The number of rotatable bonds is 8. The second-order valence-corrected chi connectivity index (χ2v) is 7.73. The van der Waals surface area contributed by atoms with Crippen molar-refractivity contribution in [2.24, 2.45) is 5.73 Å². The molecule has 0 fully saturated rings. The molecule has 3 N–H and O–H groups in total. The number of hydrogen-bond donors (Lipinski definition) is 2. The lowest BCUT2D eigenvalue weighted by atomic mass is 10.1. The van der Waals surface area contributed by atoms with Gasteiger partial charge in [0.05, 0.1) is 11.6 Å². The number of nitrogens with one attached hydrogen (secondary N) is 1. The van der Waals surface area contributed by atoms with E-state index in [2.05, 4.69) is 5.32 Å². The van der Waals surface area contributed by atoms with Gasteiger partial charge in [-0.25, -0.2) is 4.39 Å². The molecular weight excluding hydrogens is 443 g/mol. The molecule has 6 nitrogen and oxygen atoms in total. The maximum Gasteiger partial charge on any atom is 0.255 e. The Hall–Kier alpha value is -3.73. The minimum absolute atomic E-state index is 0.206. The fourth-order valence-electron chi connectivity index (χ4n) is 3.19. The van der Waals surface area contributed by atoms with Crippen LogP contribution in [0.2, 0.25) is 5.02 Å². The van der Waals surface area contributed by atoms with E-state index in [1.54, 1.807) is 47.4 Å². The van der Waals surface area contributed by atoms with Crippen molar-refractivity contribution in [1.29, 1.82) is 5.26 Å². The fraction of sp³-hybridized carbons (Fsp3) is 0.160. The van der Waals surface area contributed by atoms with Crippen LogP contribution >= 0.6 is 11.6 Å². The number of benzene rings is 3. The van der Waals surface area contributed by atoms with E-state index >= 15 is 0 Å². The minimum Gasteiger partial charge on any atom is -0.334 e. The molecule has 0 saturated heterocycles. The van der Waals surface area contributed by atoms with Gasteiger partial charge in [-0.1, -0.05) is 11.6 Å². The third kappa shape index (κ3) is 6.39. The lowest BCUT2D eigenvalue weighted by molar-refractivity contribution is 0.0742. The van der Waals surface area contributed by atoms with Gasteiger partial charge in [0, 0.05) is 34.9 Å². The van der Waals surface area contributed by atoms with E-state index < -0.39 is 11.7 Å². The lowest BCUT2D eigenvalue weighted by Gasteiger charge is -2.24. The van der Waals surface area contributed by atoms with E-state index in [0.29, 0.717) is 52.5 Å². The van der Waals surface area contributed by atoms with E-state index in [9.17, 15) is 14.0 Å². The van der Waals surface area contributed by atoms with Gasteiger partial charge in [0.15, 0.2) is 0 Å². The first-order chi connectivity index (χ1) is 15.9. The number of nitrogens with two attached hydrogens (primary N) is 1. The maximum absolute atomic E-state index is 13.1. The molecule has 3 rings (SSSR count). The zero-order valence-electron chi connectivity index (χ0n) is 17.7. The van der Waals surface area contributed by atoms with Crippen LogP contribution in [-0.2, 0) is 6.54 Å². The van der Waals surface area contributed by atoms with Gasteiger partial charge in [-0.05, 0) is 85.3 Å². The van der Waals surface area contributed by atoms with Gasteiger partial charge >= 0.3 is 0 Å². The van der Waals surface area contributed by atoms with Crippen LogP contribution in [0.4, 0.5) is 10.1 Å². The summed E-state index contributed by atoms with van der Waals surface area (Å²) >= 11 is 6.38. The second-order valence-electron chi connectivity index (χ2n) is 7.33. The number of nitriles is 1. The van der Waals surface area contributed by atoms with Crippen LogP contribution in [0, 0.1) is 17.1 Å². The molecule has 0 aliphatic rings. The molecule has 2 amide bonds. The van der Waals surface area contributed by atoms with Gasteiger partial charge in [-0.15, -0.1) is 0 Å². The topological polar surface area (TPSA) is 99.2 Å². The standard InChI is InChI=1S/C25H22ClFN4O2/c26-23-11-10-22(30-24(32)18-6-8-21(27)9-7-18)14-20(23)16-31(13-1-12-28)25(33)19-4-2-17(15-29)3-5-19/h2-11,14H,1,12-13,16,28H2,(H,30,32). The summed E-state index contributed by atoms with van der Waals surface area (Å²) in [6.07, 6.45) is 0.598. The molecule has 0 radical (unpaired) electrons. The Balaban J connectivity index is 1.80. The molecule has 3 aromatic carbocycles. The van der Waals surface area contributed by atoms with Crippen molar-refractivity contribution in [3.05, 3.63) is 99.8 Å². The SMILES string of the molecule is N#Cc1ccc(C(=O)N(CCCN)Cc2cc(NC(=O)c3ccc(F)cc3)ccc2Cl)cc1. The largest absolute Gasteiger partial charge is 0.334 e. The van der Waals surface area contributed by atoms with Gasteiger partial charge in [0.25, 0.3) is 11.8 Å². The Morgan fingerprint density at radius 3 is 2.33 bits per heavy atom. The molecule has 0 aromatic heterocycles. The summed E-state index contributed by atoms with van der Waals surface area (Å²) in [5, 5.41) is 12.2. The quantitative estimate of drug-likeness (QED) is 0.509. The van der Waals surface area contributed by atoms with Crippen LogP contribution in [0.3, 0.4) is 0 Å². The van der Waals surface area contributed by atoms with Crippen LogP contribution in [0.5, 0.6) is 0 Å². The number of amides is 2. The average Bonchev–Trinajstić information content (AvgIpc) is 2.83. The van der Waals surface area contributed by atoms with E-state index in [1.807, 2.05) is 6.07 Å². The van der Waals surface area contributed by atoms with Crippen LogP contribution in [0.25, 0.3) is 0 Å². The minimum atomic E-state index is -0.426. The van der Waals surface area contributed by atoms with Gasteiger partial charge in [-0.2, -0.15) is 5.26 Å². The third-order valence-electron chi connectivity index (χ3n) is 4.95. The van der Waals surface area contributed by atoms with Gasteiger partial charge < -0.3 is 16.0 Å². The highest BCUT2D eigenvalue weighted by atomic mass is 35.5. The summed E-state index contributed by atoms with van der Waals surface area (Å²) in [5.41, 5.74) is 8.02. The zero-order chi connectivity index (χ0) is 23.8. The number of carbonyl (C=O) groups is 2. The molecule has 8 heteroatoms. The predicted molar refractivity (Wildman–Crippen MR) is 125 cm³/mol. The zero-order valence-corrected chi connectivity index (χ0v) is 18.5. The molecule has 0 saturated carbocycles. The van der Waals surface area contributed by atoms with Gasteiger partial charge in [0.1, 0.15) is 5.82 Å². The molecule has 0 bridgehead atoms. The van der Waals surface area contributed by atoms with Crippen molar-refractivity contribution in [2.75, 3.05) is 18.4 Å². The average molecular weight is 465 g/mol. The van der Waals surface area contributed by atoms with E-state index in [0.717, 1.165) is 0 Å². The summed E-state index contributed by atoms with van der Waals surface area (Å²) in [4.78, 5) is 27.2. The van der Waals surface area contributed by atoms with Crippen molar-refractivity contribution >= 4 is 29.1 Å². The highest BCUT2D eigenvalue weighted by Crippen LogP contribution is 2.24. The van der Waals surface area contributed by atoms with Crippen LogP contribution in [0.15, 0.2) is 66.7 Å². The number of halogens is 2. The third-order valence-corrected chi connectivity index (χ3v) is 5.32. The van der Waals surface area contributed by atoms with Crippen LogP contribution < -0.4 is 11.1 Å². The number of anilines is 1. The van der Waals surface area contributed by atoms with Crippen molar-refractivity contribution < 1.29 is 14.0 Å². The molecule has 0 spiro atoms. The molecular formula is C25H22ClFN4O2. The van der Waals surface area contributed by atoms with Crippen molar-refractivity contribution in [3.8, 4) is 6.07 Å². The number of nitrogens with zero attached hydrogens (tertiary/aromatic N) is 2. The normalized spacial score (nSPS) is 10.4. The van der Waals surface area contributed by atoms with E-state index in [4.69, 9.17) is 22.6 Å². The van der Waals surface area contributed by atoms with Gasteiger partial charge in [-0.3, -0.25) is 9.59 Å². The van der Waals surface area contributed by atoms with Crippen LogP contribution in [-0.4, -0.2) is 29.8 Å². The maximum atomic E-state index is 13.1. The summed E-state index contributed by atoms with van der Waals surface area (Å²) in [7, 11) is 0. The van der Waals surface area contributed by atoms with Crippen LogP contribution in [0.1, 0.15) is 38.3 Å². The number of hydrogen-bond acceptors (Lipinski definition) is 4. The van der Waals surface area contributed by atoms with Gasteiger partial charge in [0.2, 0.25) is 0 Å². The molecule has 0 unspecified atom stereocenters. The lowest BCUT2D eigenvalue weighted by Crippen LogP contribution is -2.32. The first-order valence-electron chi connectivity index (χ1n) is 10.3. The monoisotopic (exact) mass is 464 g/mol. The summed E-state index contributed by atoms with van der Waals surface area (Å²) < 4.78 is 13.1. The molecule has 0 heterocycles. The summed E-state index contributed by atoms with van der Waals surface area (Å²) in [6.45, 7) is 1.04. The Kier molecular flexibility index (Phi) is 8.14. The second kappa shape index (κ2) is 11.2. The molecule has 0 aliphatic heterocycles. The van der Waals surface area contributed by atoms with E-state index in [1.165, 1.54) is 24.3 Å². The van der Waals surface area contributed by atoms with Crippen molar-refractivity contribution in [2.45, 2.75) is 13.0 Å². The van der Waals surface area contributed by atoms with Crippen molar-refractivity contribution in [3.63, 3.8) is 0 Å². The Bertz CT molecular complexity index is 1170. The van der Waals surface area contributed by atoms with Crippen molar-refractivity contribution in [1.82, 2.24) is 4.90 Å². The smallest absolute Gasteiger partial charge is 0.255 e. The molecule has 3 aromatic rings. The predicted octanol–water partition coefficient (Wildman–Crippen LogP) is 4.59. The molecule has 0 aliphatic carbocycles. The molecule has 0 atom stereocenters. The highest BCUT2D eigenvalue weighted by Gasteiger charge is 2.18. The fourth-order valence-corrected chi connectivity index (χ4v) is 3.37.